The van der Waals surface area contributed by atoms with Gasteiger partial charge in [0.25, 0.3) is 0 Å². The van der Waals surface area contributed by atoms with E-state index in [0.29, 0.717) is 31.9 Å². The Morgan fingerprint density at radius 2 is 2.06 bits per heavy atom. The highest BCUT2D eigenvalue weighted by Gasteiger charge is 2.39. The van der Waals surface area contributed by atoms with E-state index in [9.17, 15) is 18.0 Å². The monoisotopic (exact) mass is 262 g/mol. The zero-order chi connectivity index (χ0) is 13.3. The summed E-state index contributed by atoms with van der Waals surface area (Å²) in [6, 6.07) is 0. The first-order valence-corrected chi connectivity index (χ1v) is 5.59. The molecule has 100 valence electrons. The molecule has 2 heterocycles. The molecule has 1 aliphatic heterocycles. The van der Waals surface area contributed by atoms with E-state index in [4.69, 9.17) is 0 Å². The van der Waals surface area contributed by atoms with Crippen molar-refractivity contribution in [1.29, 1.82) is 0 Å². The van der Waals surface area contributed by atoms with Crippen LogP contribution in [0.3, 0.4) is 0 Å². The number of hydrogen-bond donors (Lipinski definition) is 0. The van der Waals surface area contributed by atoms with Crippen LogP contribution in [0.4, 0.5) is 13.2 Å². The van der Waals surface area contributed by atoms with Crippen molar-refractivity contribution in [2.24, 2.45) is 0 Å². The minimum Gasteiger partial charge on any atom is -0.305 e. The molecule has 0 amide bonds. The Labute approximate surface area is 102 Å². The average molecular weight is 262 g/mol. The van der Waals surface area contributed by atoms with Crippen LogP contribution in [0.2, 0.25) is 0 Å². The molecule has 0 radical (unpaired) electrons. The molecule has 18 heavy (non-hydrogen) atoms. The number of carbonyl (C=O) groups is 1. The van der Waals surface area contributed by atoms with E-state index in [2.05, 4.69) is 10.2 Å². The average Bonchev–Trinajstić information content (AvgIpc) is 2.68. The van der Waals surface area contributed by atoms with Gasteiger partial charge in [0.05, 0.1) is 6.54 Å². The Morgan fingerprint density at radius 3 is 2.67 bits per heavy atom. The number of hydrogen-bond acceptors (Lipinski definition) is 4. The van der Waals surface area contributed by atoms with Crippen molar-refractivity contribution in [2.75, 3.05) is 13.1 Å². The third-order valence-electron chi connectivity index (χ3n) is 2.87. The minimum absolute atomic E-state index is 0.0676. The summed E-state index contributed by atoms with van der Waals surface area (Å²) in [5, 5.41) is 6.76. The smallest absolute Gasteiger partial charge is 0.305 e. The first-order chi connectivity index (χ1) is 8.38. The van der Waals surface area contributed by atoms with Crippen molar-refractivity contribution in [3.63, 3.8) is 0 Å². The fourth-order valence-corrected chi connectivity index (χ4v) is 1.92. The van der Waals surface area contributed by atoms with E-state index in [1.807, 2.05) is 4.90 Å². The molecule has 0 bridgehead atoms. The quantitative estimate of drug-likeness (QED) is 0.818. The van der Waals surface area contributed by atoms with Crippen LogP contribution >= 0.6 is 0 Å². The van der Waals surface area contributed by atoms with Gasteiger partial charge in [-0.05, 0) is 6.92 Å². The Bertz CT molecular complexity index is 454. The highest BCUT2D eigenvalue weighted by molar-refractivity contribution is 5.75. The first-order valence-electron chi connectivity index (χ1n) is 5.59. The molecule has 2 rings (SSSR count). The lowest BCUT2D eigenvalue weighted by atomic mass is 10.2. The predicted octanol–water partition coefficient (Wildman–Crippen LogP) is 1.09. The van der Waals surface area contributed by atoms with E-state index < -0.39 is 12.0 Å². The molecule has 0 fully saturated rings. The normalized spacial score (nSPS) is 16.7. The van der Waals surface area contributed by atoms with Gasteiger partial charge >= 0.3 is 6.18 Å². The van der Waals surface area contributed by atoms with Crippen LogP contribution in [0.5, 0.6) is 0 Å². The Morgan fingerprint density at radius 1 is 1.33 bits per heavy atom. The molecule has 0 aliphatic carbocycles. The van der Waals surface area contributed by atoms with E-state index in [0.717, 1.165) is 4.57 Å². The lowest BCUT2D eigenvalue weighted by molar-refractivity contribution is -0.148. The van der Waals surface area contributed by atoms with Gasteiger partial charge in [-0.2, -0.15) is 13.2 Å². The second kappa shape index (κ2) is 4.68. The maximum Gasteiger partial charge on any atom is 0.451 e. The van der Waals surface area contributed by atoms with Gasteiger partial charge in [-0.15, -0.1) is 10.2 Å². The van der Waals surface area contributed by atoms with Gasteiger partial charge < -0.3 is 4.57 Å². The fraction of sp³-hybridized carbons (Fsp3) is 0.700. The van der Waals surface area contributed by atoms with E-state index >= 15 is 0 Å². The lowest BCUT2D eigenvalue weighted by Crippen LogP contribution is -2.36. The van der Waals surface area contributed by atoms with Crippen LogP contribution in [-0.4, -0.2) is 38.5 Å². The number of ketones is 1. The van der Waals surface area contributed by atoms with Gasteiger partial charge in [0, 0.05) is 26.1 Å². The van der Waals surface area contributed by atoms with Crippen molar-refractivity contribution in [2.45, 2.75) is 32.6 Å². The Kier molecular flexibility index (Phi) is 3.38. The highest BCUT2D eigenvalue weighted by atomic mass is 19.4. The predicted molar refractivity (Wildman–Crippen MR) is 55.6 cm³/mol. The standard InChI is InChI=1S/C10H13F3N4O/c1-7(18)2-3-16-4-5-17-8(6-16)14-15-9(17)10(11,12)13/h2-6H2,1H3. The van der Waals surface area contributed by atoms with E-state index in [1.54, 1.807) is 0 Å². The van der Waals surface area contributed by atoms with E-state index in [-0.39, 0.29) is 12.3 Å². The third kappa shape index (κ3) is 2.69. The van der Waals surface area contributed by atoms with Gasteiger partial charge in [-0.3, -0.25) is 9.69 Å². The number of nitrogens with zero attached hydrogens (tertiary/aromatic N) is 4. The summed E-state index contributed by atoms with van der Waals surface area (Å²) in [6.07, 6.45) is -4.06. The van der Waals surface area contributed by atoms with Gasteiger partial charge in [0.15, 0.2) is 0 Å². The van der Waals surface area contributed by atoms with Crippen molar-refractivity contribution in [1.82, 2.24) is 19.7 Å². The van der Waals surface area contributed by atoms with Crippen LogP contribution < -0.4 is 0 Å². The molecule has 0 saturated carbocycles. The van der Waals surface area contributed by atoms with Crippen LogP contribution in [0.25, 0.3) is 0 Å². The topological polar surface area (TPSA) is 51.0 Å². The molecule has 0 N–H and O–H groups in total. The molecule has 0 saturated heterocycles. The largest absolute Gasteiger partial charge is 0.451 e. The summed E-state index contributed by atoms with van der Waals surface area (Å²) in [5.74, 6) is -0.570. The van der Waals surface area contributed by atoms with Crippen LogP contribution in [0.15, 0.2) is 0 Å². The number of alkyl halides is 3. The minimum atomic E-state index is -4.47. The van der Waals surface area contributed by atoms with Crippen LogP contribution in [0.1, 0.15) is 25.0 Å². The lowest BCUT2D eigenvalue weighted by Gasteiger charge is -2.27. The van der Waals surface area contributed by atoms with Gasteiger partial charge in [-0.1, -0.05) is 0 Å². The Hall–Kier alpha value is -1.44. The first kappa shape index (κ1) is 13.0. The fourth-order valence-electron chi connectivity index (χ4n) is 1.92. The summed E-state index contributed by atoms with van der Waals surface area (Å²) >= 11 is 0. The number of fused-ring (bicyclic) bond motifs is 1. The van der Waals surface area contributed by atoms with Crippen molar-refractivity contribution in [3.05, 3.63) is 11.6 Å². The molecule has 0 unspecified atom stereocenters. The number of carbonyl (C=O) groups excluding carboxylic acids is 1. The molecule has 1 aromatic rings. The SMILES string of the molecule is CC(=O)CCN1CCn2c(nnc2C(F)(F)F)C1. The zero-order valence-corrected chi connectivity index (χ0v) is 9.87. The molecule has 8 heteroatoms. The molecule has 5 nitrogen and oxygen atoms in total. The summed E-state index contributed by atoms with van der Waals surface area (Å²) < 4.78 is 38.8. The van der Waals surface area contributed by atoms with E-state index in [1.165, 1.54) is 6.92 Å². The van der Waals surface area contributed by atoms with Crippen molar-refractivity contribution in [3.8, 4) is 0 Å². The van der Waals surface area contributed by atoms with Crippen LogP contribution in [-0.2, 0) is 24.1 Å². The maximum atomic E-state index is 12.6. The second-order valence-electron chi connectivity index (χ2n) is 4.32. The molecule has 0 atom stereocenters. The number of halogens is 3. The molecule has 0 spiro atoms. The molecule has 1 aromatic heterocycles. The molecular weight excluding hydrogens is 249 g/mol. The highest BCUT2D eigenvalue weighted by Crippen LogP contribution is 2.29. The third-order valence-corrected chi connectivity index (χ3v) is 2.87. The summed E-state index contributed by atoms with van der Waals surface area (Å²) in [4.78, 5) is 12.8. The van der Waals surface area contributed by atoms with Crippen molar-refractivity contribution < 1.29 is 18.0 Å². The van der Waals surface area contributed by atoms with Gasteiger partial charge in [-0.25, -0.2) is 0 Å². The van der Waals surface area contributed by atoms with Crippen LogP contribution in [0, 0.1) is 0 Å². The van der Waals surface area contributed by atoms with Gasteiger partial charge in [0.2, 0.25) is 5.82 Å². The molecular formula is C10H13F3N4O. The summed E-state index contributed by atoms with van der Waals surface area (Å²) in [6.45, 7) is 3.02. The van der Waals surface area contributed by atoms with Crippen molar-refractivity contribution >= 4 is 5.78 Å². The maximum absolute atomic E-state index is 12.6. The molecule has 1 aliphatic rings. The second-order valence-corrected chi connectivity index (χ2v) is 4.32. The molecule has 0 aromatic carbocycles. The van der Waals surface area contributed by atoms with Gasteiger partial charge in [0.1, 0.15) is 11.6 Å². The Balaban J connectivity index is 2.08. The number of Topliss-reactive ketones (excluding diaryl/α,β-unsaturated/α-hetero) is 1. The number of aromatic nitrogens is 3. The zero-order valence-electron chi connectivity index (χ0n) is 9.87. The number of rotatable bonds is 3. The summed E-state index contributed by atoms with van der Waals surface area (Å²) in [5.41, 5.74) is 0. The summed E-state index contributed by atoms with van der Waals surface area (Å²) in [7, 11) is 0.